The van der Waals surface area contributed by atoms with Crippen LogP contribution in [0.4, 0.5) is 5.00 Å². The highest BCUT2D eigenvalue weighted by molar-refractivity contribution is 7.15. The first-order valence-electron chi connectivity index (χ1n) is 10.3. The van der Waals surface area contributed by atoms with Crippen LogP contribution in [-0.4, -0.2) is 49.6 Å². The van der Waals surface area contributed by atoms with Gasteiger partial charge >= 0.3 is 5.97 Å². The van der Waals surface area contributed by atoms with Gasteiger partial charge in [0.15, 0.2) is 6.54 Å². The van der Waals surface area contributed by atoms with Gasteiger partial charge in [0, 0.05) is 10.9 Å². The van der Waals surface area contributed by atoms with E-state index < -0.39 is 5.97 Å². The zero-order chi connectivity index (χ0) is 21.0. The minimum Gasteiger partial charge on any atom is -0.462 e. The molecular weight excluding hydrogens is 384 g/mol. The fourth-order valence-corrected chi connectivity index (χ4v) is 5.04. The first-order chi connectivity index (χ1) is 13.8. The van der Waals surface area contributed by atoms with Crippen molar-refractivity contribution < 1.29 is 18.8 Å². The summed E-state index contributed by atoms with van der Waals surface area (Å²) in [4.78, 5) is 25.5. The van der Waals surface area contributed by atoms with Crippen LogP contribution in [0.15, 0.2) is 29.6 Å². The van der Waals surface area contributed by atoms with Gasteiger partial charge < -0.3 is 14.5 Å². The molecule has 0 spiro atoms. The number of hydrogen-bond acceptors (Lipinski definition) is 4. The van der Waals surface area contributed by atoms with Gasteiger partial charge in [-0.05, 0) is 45.1 Å². The minimum absolute atomic E-state index is 0.0650. The summed E-state index contributed by atoms with van der Waals surface area (Å²) in [6, 6.07) is 8.54. The lowest BCUT2D eigenvalue weighted by molar-refractivity contribution is -0.906. The number of anilines is 1. The van der Waals surface area contributed by atoms with Crippen LogP contribution >= 0.6 is 11.3 Å². The number of ether oxygens (including phenoxy) is 1. The van der Waals surface area contributed by atoms with E-state index in [0.29, 0.717) is 34.2 Å². The van der Waals surface area contributed by atoms with E-state index in [1.54, 1.807) is 6.92 Å². The fourth-order valence-electron chi connectivity index (χ4n) is 4.07. The number of carbonyl (C=O) groups is 2. The number of esters is 1. The predicted octanol–water partition coefficient (Wildman–Crippen LogP) is 4.86. The van der Waals surface area contributed by atoms with E-state index in [0.717, 1.165) is 16.7 Å². The molecule has 1 N–H and O–H groups in total. The fraction of sp³-hybridized carbons (Fsp3) is 0.478. The topological polar surface area (TPSA) is 55.4 Å². The molecule has 5 nitrogen and oxygen atoms in total. The Morgan fingerprint density at radius 1 is 1.17 bits per heavy atom. The molecule has 0 unspecified atom stereocenters. The third-order valence-corrected chi connectivity index (χ3v) is 6.65. The Hall–Kier alpha value is -2.18. The average Bonchev–Trinajstić information content (AvgIpc) is 3.32. The molecule has 3 rings (SSSR count). The summed E-state index contributed by atoms with van der Waals surface area (Å²) in [6.45, 7) is 4.50. The molecule has 6 heteroatoms. The molecule has 2 aromatic rings. The number of likely N-dealkylation sites (N-methyl/N-ethyl adjacent to an activating group) is 1. The van der Waals surface area contributed by atoms with Crippen molar-refractivity contribution in [2.45, 2.75) is 45.6 Å². The highest BCUT2D eigenvalue weighted by Gasteiger charge is 2.33. The maximum atomic E-state index is 12.8. The van der Waals surface area contributed by atoms with Crippen molar-refractivity contribution in [3.63, 3.8) is 0 Å². The second-order valence-electron chi connectivity index (χ2n) is 8.36. The molecule has 29 heavy (non-hydrogen) atoms. The molecule has 1 amide bonds. The molecule has 1 aromatic carbocycles. The molecule has 0 saturated heterocycles. The van der Waals surface area contributed by atoms with Gasteiger partial charge in [0.05, 0.1) is 26.7 Å². The second-order valence-corrected chi connectivity index (χ2v) is 9.24. The van der Waals surface area contributed by atoms with Crippen LogP contribution in [0.1, 0.15) is 48.5 Å². The lowest BCUT2D eigenvalue weighted by atomic mass is 10.0. The van der Waals surface area contributed by atoms with Crippen molar-refractivity contribution in [1.29, 1.82) is 0 Å². The summed E-state index contributed by atoms with van der Waals surface area (Å²) in [6.07, 6.45) is 4.83. The van der Waals surface area contributed by atoms with Crippen molar-refractivity contribution in [3.8, 4) is 11.1 Å². The summed E-state index contributed by atoms with van der Waals surface area (Å²) in [5.74, 6) is -0.464. The lowest BCUT2D eigenvalue weighted by Gasteiger charge is -2.35. The predicted molar refractivity (Wildman–Crippen MR) is 118 cm³/mol. The van der Waals surface area contributed by atoms with E-state index in [2.05, 4.69) is 19.4 Å². The summed E-state index contributed by atoms with van der Waals surface area (Å²) < 4.78 is 5.97. The molecule has 1 saturated carbocycles. The number of nitrogens with zero attached hydrogens (tertiary/aromatic N) is 1. The Balaban J connectivity index is 1.83. The van der Waals surface area contributed by atoms with Crippen molar-refractivity contribution >= 4 is 28.2 Å². The summed E-state index contributed by atoms with van der Waals surface area (Å²) >= 11 is 1.38. The van der Waals surface area contributed by atoms with Gasteiger partial charge in [-0.15, -0.1) is 11.3 Å². The molecule has 1 aromatic heterocycles. The standard InChI is InChI=1S/C23H30N2O3S/c1-5-28-23(27)21-19(17-12-10-16(2)11-13-17)15-29-22(21)24-20(26)14-25(3,4)18-8-6-7-9-18/h10-13,15,18H,5-9,14H2,1-4H3/p+1. The molecule has 1 aliphatic rings. The van der Waals surface area contributed by atoms with Crippen molar-refractivity contribution in [2.75, 3.05) is 32.6 Å². The Morgan fingerprint density at radius 2 is 1.83 bits per heavy atom. The average molecular weight is 416 g/mol. The monoisotopic (exact) mass is 415 g/mol. The number of benzene rings is 1. The van der Waals surface area contributed by atoms with E-state index in [1.165, 1.54) is 37.0 Å². The second kappa shape index (κ2) is 9.09. The molecule has 1 fully saturated rings. The van der Waals surface area contributed by atoms with Gasteiger partial charge in [0.25, 0.3) is 5.91 Å². The maximum absolute atomic E-state index is 12.8. The molecule has 0 atom stereocenters. The van der Waals surface area contributed by atoms with Crippen LogP contribution in [-0.2, 0) is 9.53 Å². The molecule has 0 bridgehead atoms. The van der Waals surface area contributed by atoms with Crippen molar-refractivity contribution in [3.05, 3.63) is 40.8 Å². The Kier molecular flexibility index (Phi) is 6.75. The van der Waals surface area contributed by atoms with E-state index in [1.807, 2.05) is 36.6 Å². The van der Waals surface area contributed by atoms with Crippen LogP contribution in [0.25, 0.3) is 11.1 Å². The number of quaternary nitrogens is 1. The first kappa shape index (κ1) is 21.5. The van der Waals surface area contributed by atoms with Gasteiger partial charge in [-0.2, -0.15) is 0 Å². The Labute approximate surface area is 177 Å². The van der Waals surface area contributed by atoms with Gasteiger partial charge in [0.1, 0.15) is 10.6 Å². The van der Waals surface area contributed by atoms with Gasteiger partial charge in [-0.25, -0.2) is 4.79 Å². The van der Waals surface area contributed by atoms with E-state index in [-0.39, 0.29) is 5.91 Å². The number of amides is 1. The number of thiophene rings is 1. The van der Waals surface area contributed by atoms with Gasteiger partial charge in [-0.1, -0.05) is 29.8 Å². The summed E-state index contributed by atoms with van der Waals surface area (Å²) in [7, 11) is 4.24. The van der Waals surface area contributed by atoms with E-state index in [4.69, 9.17) is 4.74 Å². The first-order valence-corrected chi connectivity index (χ1v) is 11.2. The van der Waals surface area contributed by atoms with E-state index >= 15 is 0 Å². The molecule has 0 radical (unpaired) electrons. The highest BCUT2D eigenvalue weighted by atomic mass is 32.1. The third-order valence-electron chi connectivity index (χ3n) is 5.75. The van der Waals surface area contributed by atoms with Gasteiger partial charge in [0.2, 0.25) is 0 Å². The third kappa shape index (κ3) is 5.06. The van der Waals surface area contributed by atoms with Crippen LogP contribution in [0.2, 0.25) is 0 Å². The summed E-state index contributed by atoms with van der Waals surface area (Å²) in [5.41, 5.74) is 3.34. The van der Waals surface area contributed by atoms with E-state index in [9.17, 15) is 9.59 Å². The van der Waals surface area contributed by atoms with Crippen LogP contribution in [0.5, 0.6) is 0 Å². The molecule has 156 valence electrons. The zero-order valence-electron chi connectivity index (χ0n) is 17.8. The normalized spacial score (nSPS) is 14.8. The van der Waals surface area contributed by atoms with Crippen LogP contribution in [0.3, 0.4) is 0 Å². The molecule has 1 aliphatic carbocycles. The van der Waals surface area contributed by atoms with Crippen molar-refractivity contribution in [1.82, 2.24) is 0 Å². The lowest BCUT2D eigenvalue weighted by Crippen LogP contribution is -2.51. The zero-order valence-corrected chi connectivity index (χ0v) is 18.6. The molecule has 1 heterocycles. The Bertz CT molecular complexity index is 865. The highest BCUT2D eigenvalue weighted by Crippen LogP contribution is 2.36. The Morgan fingerprint density at radius 3 is 2.45 bits per heavy atom. The number of carbonyl (C=O) groups excluding carboxylic acids is 2. The number of nitrogens with one attached hydrogen (secondary N) is 1. The quantitative estimate of drug-likeness (QED) is 0.519. The largest absolute Gasteiger partial charge is 0.462 e. The summed E-state index contributed by atoms with van der Waals surface area (Å²) in [5, 5.41) is 5.48. The SMILES string of the molecule is CCOC(=O)c1c(-c2ccc(C)cc2)csc1NC(=O)C[N+](C)(C)C1CCCC1. The minimum atomic E-state index is -0.399. The molecular formula is C23H31N2O3S+. The smallest absolute Gasteiger partial charge is 0.341 e. The van der Waals surface area contributed by atoms with Crippen molar-refractivity contribution in [2.24, 2.45) is 0 Å². The van der Waals surface area contributed by atoms with Crippen LogP contribution < -0.4 is 5.32 Å². The number of hydrogen-bond donors (Lipinski definition) is 1. The number of rotatable bonds is 7. The maximum Gasteiger partial charge on any atom is 0.341 e. The van der Waals surface area contributed by atoms with Crippen LogP contribution in [0, 0.1) is 6.92 Å². The molecule has 0 aliphatic heterocycles. The number of aryl methyl sites for hydroxylation is 1. The van der Waals surface area contributed by atoms with Gasteiger partial charge in [-0.3, -0.25) is 4.79 Å².